The van der Waals surface area contributed by atoms with Crippen molar-refractivity contribution in [3.8, 4) is 0 Å². The zero-order valence-electron chi connectivity index (χ0n) is 17.7. The van der Waals surface area contributed by atoms with Gasteiger partial charge in [0, 0.05) is 11.3 Å². The molecule has 168 valence electrons. The summed E-state index contributed by atoms with van der Waals surface area (Å²) in [5.41, 5.74) is 2.95. The summed E-state index contributed by atoms with van der Waals surface area (Å²) in [5, 5.41) is 2.65. The van der Waals surface area contributed by atoms with Gasteiger partial charge >= 0.3 is 0 Å². The molecule has 10 heteroatoms. The molecule has 3 aromatic rings. The molecule has 0 radical (unpaired) electrons. The van der Waals surface area contributed by atoms with Crippen LogP contribution in [0, 0.1) is 13.8 Å². The predicted octanol–water partition coefficient (Wildman–Crippen LogP) is 3.26. The van der Waals surface area contributed by atoms with Gasteiger partial charge in [-0.3, -0.25) is 9.52 Å². The van der Waals surface area contributed by atoms with E-state index in [-0.39, 0.29) is 15.4 Å². The molecule has 0 aliphatic heterocycles. The van der Waals surface area contributed by atoms with Crippen molar-refractivity contribution in [3.63, 3.8) is 0 Å². The van der Waals surface area contributed by atoms with E-state index in [2.05, 4.69) is 14.8 Å². The number of aryl methyl sites for hydroxylation is 1. The van der Waals surface area contributed by atoms with E-state index in [0.717, 1.165) is 11.1 Å². The number of rotatable bonds is 7. The minimum Gasteiger partial charge on any atom is -0.322 e. The predicted molar refractivity (Wildman–Crippen MR) is 124 cm³/mol. The van der Waals surface area contributed by atoms with E-state index in [1.807, 2.05) is 19.9 Å². The minimum atomic E-state index is -3.82. The quantitative estimate of drug-likeness (QED) is 0.486. The fourth-order valence-corrected chi connectivity index (χ4v) is 4.74. The van der Waals surface area contributed by atoms with Crippen molar-refractivity contribution in [2.24, 2.45) is 0 Å². The van der Waals surface area contributed by atoms with Crippen molar-refractivity contribution in [2.45, 2.75) is 23.6 Å². The lowest BCUT2D eigenvalue weighted by Gasteiger charge is -2.12. The van der Waals surface area contributed by atoms with Gasteiger partial charge in [-0.25, -0.2) is 21.6 Å². The third-order valence-corrected chi connectivity index (χ3v) is 7.78. The maximum atomic E-state index is 12.7. The normalized spacial score (nSPS) is 11.7. The Kier molecular flexibility index (Phi) is 6.68. The van der Waals surface area contributed by atoms with Crippen LogP contribution in [-0.2, 0) is 20.0 Å². The molecule has 32 heavy (non-hydrogen) atoms. The van der Waals surface area contributed by atoms with Crippen LogP contribution in [0.3, 0.4) is 0 Å². The highest BCUT2D eigenvalue weighted by molar-refractivity contribution is 7.92. The molecule has 0 aliphatic rings. The summed E-state index contributed by atoms with van der Waals surface area (Å²) in [5.74, 6) is -0.458. The first-order valence-electron chi connectivity index (χ1n) is 9.57. The molecule has 0 heterocycles. The van der Waals surface area contributed by atoms with E-state index in [1.165, 1.54) is 55.6 Å². The van der Waals surface area contributed by atoms with Gasteiger partial charge in [0.1, 0.15) is 0 Å². The minimum absolute atomic E-state index is 0.0246. The van der Waals surface area contributed by atoms with Crippen molar-refractivity contribution in [1.82, 2.24) is 4.72 Å². The maximum absolute atomic E-state index is 12.7. The van der Waals surface area contributed by atoms with Gasteiger partial charge in [0.2, 0.25) is 10.0 Å². The van der Waals surface area contributed by atoms with Crippen LogP contribution in [0.25, 0.3) is 0 Å². The molecule has 3 rings (SSSR count). The van der Waals surface area contributed by atoms with Gasteiger partial charge in [0.25, 0.3) is 15.9 Å². The number of benzene rings is 3. The van der Waals surface area contributed by atoms with Crippen LogP contribution in [0.4, 0.5) is 11.4 Å². The van der Waals surface area contributed by atoms with Crippen molar-refractivity contribution in [3.05, 3.63) is 83.4 Å². The Hall–Kier alpha value is -3.21. The lowest BCUT2D eigenvalue weighted by atomic mass is 10.1. The number of carbonyl (C=O) groups is 1. The molecule has 8 nitrogen and oxygen atoms in total. The Bertz CT molecular complexity index is 1350. The summed E-state index contributed by atoms with van der Waals surface area (Å²) in [7, 11) is -6.08. The first-order chi connectivity index (χ1) is 15.0. The van der Waals surface area contributed by atoms with E-state index in [4.69, 9.17) is 0 Å². The van der Waals surface area contributed by atoms with Gasteiger partial charge in [-0.05, 0) is 86.6 Å². The van der Waals surface area contributed by atoms with Crippen molar-refractivity contribution >= 4 is 37.3 Å². The van der Waals surface area contributed by atoms with Crippen LogP contribution in [0.2, 0.25) is 0 Å². The van der Waals surface area contributed by atoms with Crippen LogP contribution in [0.15, 0.2) is 76.5 Å². The monoisotopic (exact) mass is 473 g/mol. The highest BCUT2D eigenvalue weighted by Gasteiger charge is 2.17. The van der Waals surface area contributed by atoms with E-state index < -0.39 is 26.0 Å². The number of sulfonamides is 2. The molecular formula is C22H23N3O5S2. The zero-order valence-corrected chi connectivity index (χ0v) is 19.3. The standard InChI is InChI=1S/C22H23N3O5S2/c1-15-5-4-6-21(16(15)2)25-32(29,30)20-11-7-17(8-12-20)22(26)24-18-9-13-19(14-10-18)31(27,28)23-3/h4-14,23,25H,1-3H3,(H,24,26). The molecule has 0 spiro atoms. The van der Waals surface area contributed by atoms with Gasteiger partial charge < -0.3 is 5.32 Å². The maximum Gasteiger partial charge on any atom is 0.261 e. The average molecular weight is 474 g/mol. The first-order valence-corrected chi connectivity index (χ1v) is 12.5. The fourth-order valence-electron chi connectivity index (χ4n) is 2.89. The topological polar surface area (TPSA) is 121 Å². The number of hydrogen-bond donors (Lipinski definition) is 3. The van der Waals surface area contributed by atoms with Crippen LogP contribution in [0.5, 0.6) is 0 Å². The molecule has 0 unspecified atom stereocenters. The van der Waals surface area contributed by atoms with E-state index in [0.29, 0.717) is 11.4 Å². The average Bonchev–Trinajstić information content (AvgIpc) is 2.77. The second kappa shape index (κ2) is 9.11. The second-order valence-corrected chi connectivity index (χ2v) is 10.6. The molecule has 3 aromatic carbocycles. The Labute approximate surface area is 187 Å². The molecule has 0 aliphatic carbocycles. The number of anilines is 2. The lowest BCUT2D eigenvalue weighted by molar-refractivity contribution is 0.102. The summed E-state index contributed by atoms with van der Waals surface area (Å²) >= 11 is 0. The number of amides is 1. The van der Waals surface area contributed by atoms with Crippen molar-refractivity contribution < 1.29 is 21.6 Å². The van der Waals surface area contributed by atoms with Crippen LogP contribution >= 0.6 is 0 Å². The molecule has 0 bridgehead atoms. The summed E-state index contributed by atoms with van der Waals surface area (Å²) < 4.78 is 53.7. The lowest BCUT2D eigenvalue weighted by Crippen LogP contribution is -2.18. The zero-order chi connectivity index (χ0) is 23.5. The van der Waals surface area contributed by atoms with E-state index >= 15 is 0 Å². The molecule has 0 saturated carbocycles. The highest BCUT2D eigenvalue weighted by Crippen LogP contribution is 2.22. The molecule has 3 N–H and O–H groups in total. The van der Waals surface area contributed by atoms with Gasteiger partial charge in [-0.15, -0.1) is 0 Å². The van der Waals surface area contributed by atoms with E-state index in [1.54, 1.807) is 12.1 Å². The summed E-state index contributed by atoms with van der Waals surface area (Å²) in [6, 6.07) is 16.6. The summed E-state index contributed by atoms with van der Waals surface area (Å²) in [6.07, 6.45) is 0. The van der Waals surface area contributed by atoms with Crippen LogP contribution in [-0.4, -0.2) is 29.8 Å². The van der Waals surface area contributed by atoms with Gasteiger partial charge in [-0.2, -0.15) is 0 Å². The number of nitrogens with one attached hydrogen (secondary N) is 3. The summed E-state index contributed by atoms with van der Waals surface area (Å²) in [4.78, 5) is 12.6. The number of hydrogen-bond acceptors (Lipinski definition) is 5. The largest absolute Gasteiger partial charge is 0.322 e. The second-order valence-electron chi connectivity index (χ2n) is 7.06. The molecule has 0 fully saturated rings. The van der Waals surface area contributed by atoms with Gasteiger partial charge in [0.15, 0.2) is 0 Å². The highest BCUT2D eigenvalue weighted by atomic mass is 32.2. The Balaban J connectivity index is 1.73. The molecule has 0 saturated heterocycles. The SMILES string of the molecule is CNS(=O)(=O)c1ccc(NC(=O)c2ccc(S(=O)(=O)Nc3cccc(C)c3C)cc2)cc1. The molecular weight excluding hydrogens is 450 g/mol. The molecule has 1 amide bonds. The van der Waals surface area contributed by atoms with Crippen LogP contribution in [0.1, 0.15) is 21.5 Å². The Morgan fingerprint density at radius 1 is 0.750 bits per heavy atom. The van der Waals surface area contributed by atoms with Gasteiger partial charge in [0.05, 0.1) is 15.5 Å². The third kappa shape index (κ3) is 5.16. The molecule has 0 atom stereocenters. The Morgan fingerprint density at radius 3 is 1.91 bits per heavy atom. The third-order valence-electron chi connectivity index (χ3n) is 4.97. The van der Waals surface area contributed by atoms with E-state index in [9.17, 15) is 21.6 Å². The van der Waals surface area contributed by atoms with Crippen molar-refractivity contribution in [1.29, 1.82) is 0 Å². The first kappa shape index (κ1) is 23.5. The van der Waals surface area contributed by atoms with Gasteiger partial charge in [-0.1, -0.05) is 12.1 Å². The summed E-state index contributed by atoms with van der Waals surface area (Å²) in [6.45, 7) is 3.73. The Morgan fingerprint density at radius 2 is 1.31 bits per heavy atom. The molecule has 0 aromatic heterocycles. The van der Waals surface area contributed by atoms with Crippen LogP contribution < -0.4 is 14.8 Å². The fraction of sp³-hybridized carbons (Fsp3) is 0.136. The smallest absolute Gasteiger partial charge is 0.261 e. The number of carbonyl (C=O) groups excluding carboxylic acids is 1. The van der Waals surface area contributed by atoms with Crippen molar-refractivity contribution in [2.75, 3.05) is 17.1 Å².